The molecule has 1 aromatic carbocycles. The lowest BCUT2D eigenvalue weighted by Gasteiger charge is -2.30. The molecule has 1 aliphatic rings. The van der Waals surface area contributed by atoms with Crippen molar-refractivity contribution in [2.75, 3.05) is 19.7 Å². The average Bonchev–Trinajstić information content (AvgIpc) is 3.94. The number of amides is 7. The van der Waals surface area contributed by atoms with Gasteiger partial charge in [0.2, 0.25) is 35.4 Å². The van der Waals surface area contributed by atoms with E-state index in [1.165, 1.54) is 13.1 Å². The van der Waals surface area contributed by atoms with Crippen molar-refractivity contribution in [1.29, 1.82) is 0 Å². The fourth-order valence-corrected chi connectivity index (χ4v) is 7.16. The number of nitrogens with two attached hydrogens (primary N) is 2. The largest absolute Gasteiger partial charge is 0.481 e. The van der Waals surface area contributed by atoms with Crippen molar-refractivity contribution >= 4 is 76.1 Å². The van der Waals surface area contributed by atoms with Crippen LogP contribution in [0, 0.1) is 0 Å². The highest BCUT2D eigenvalue weighted by Gasteiger charge is 2.41. The van der Waals surface area contributed by atoms with Crippen LogP contribution in [0.1, 0.15) is 64.4 Å². The quantitative estimate of drug-likeness (QED) is 0.0225. The molecule has 1 aromatic heterocycles. The monoisotopic (exact) mass is 962 g/mol. The molecule has 7 amide bonds. The molecule has 68 heavy (non-hydrogen) atoms. The number of H-pyrrole nitrogens is 1. The molecule has 0 bridgehead atoms. The van der Waals surface area contributed by atoms with E-state index in [2.05, 4.69) is 47.6 Å². The summed E-state index contributed by atoms with van der Waals surface area (Å²) in [6.45, 7) is 1.80. The molecule has 3 rings (SSSR count). The number of fused-ring (bicyclic) bond motifs is 1. The number of nitrogens with zero attached hydrogens (tertiary/aromatic N) is 1. The van der Waals surface area contributed by atoms with E-state index in [1.54, 1.807) is 24.3 Å². The summed E-state index contributed by atoms with van der Waals surface area (Å²) in [7, 11) is 0. The number of hydrogen-bond donors (Lipinski definition) is 16. The Bertz CT molecular complexity index is 2190. The Balaban J connectivity index is 1.97. The molecular formula is C41H62N12O15+2. The molecule has 2 heterocycles. The summed E-state index contributed by atoms with van der Waals surface area (Å²) in [6.07, 6.45) is -2.49. The highest BCUT2D eigenvalue weighted by molar-refractivity contribution is 5.99. The summed E-state index contributed by atoms with van der Waals surface area (Å²) >= 11 is 0. The predicted octanol–water partition coefficient (Wildman–Crippen LogP) is -7.83. The molecular weight excluding hydrogens is 901 g/mol. The lowest BCUT2D eigenvalue weighted by Crippen LogP contribution is -2.78. The van der Waals surface area contributed by atoms with Gasteiger partial charge in [0.25, 0.3) is 5.91 Å². The van der Waals surface area contributed by atoms with Crippen LogP contribution in [-0.2, 0) is 54.4 Å². The van der Waals surface area contributed by atoms with E-state index in [0.29, 0.717) is 22.9 Å². The highest BCUT2D eigenvalue weighted by atomic mass is 16.4. The maximum Gasteiger partial charge on any atom is 0.338 e. The van der Waals surface area contributed by atoms with Gasteiger partial charge in [-0.25, -0.2) is 4.79 Å². The molecule has 0 radical (unpaired) electrons. The Morgan fingerprint density at radius 2 is 1.34 bits per heavy atom. The number of likely N-dealkylation sites (tertiary alicyclic amines) is 1. The molecule has 9 atom stereocenters. The smallest absolute Gasteiger partial charge is 0.338 e. The SMILES string of the molecule is C[C@H]([NH3+])C(=O)N[C@@H](CO)C(=O)N[C@@H](CCC[NH+]=C(N)N)C(=O)N[C@@H](Cc1c[nH]c2ccccc12)C(=O)N[C@@H](CC(=O)O)C(=O)N[C@@H](CCC(=O)O)C(=O)N[C@H](C(=O)N1CCC[C@H]1C(=O)O)[C@@H](C)O. The number of carbonyl (C=O) groups excluding carboxylic acids is 7. The Kier molecular flexibility index (Phi) is 21.1. The van der Waals surface area contributed by atoms with Gasteiger partial charge >= 0.3 is 23.9 Å². The molecule has 1 fully saturated rings. The van der Waals surface area contributed by atoms with E-state index >= 15 is 0 Å². The van der Waals surface area contributed by atoms with Gasteiger partial charge in [0, 0.05) is 36.5 Å². The van der Waals surface area contributed by atoms with Gasteiger partial charge in [0.1, 0.15) is 42.3 Å². The van der Waals surface area contributed by atoms with Crippen LogP contribution < -0.4 is 54.1 Å². The molecule has 0 aliphatic carbocycles. The van der Waals surface area contributed by atoms with E-state index in [1.807, 2.05) is 0 Å². The van der Waals surface area contributed by atoms with E-state index in [9.17, 15) is 73.5 Å². The summed E-state index contributed by atoms with van der Waals surface area (Å²) in [5.41, 5.74) is 15.6. The first-order valence-corrected chi connectivity index (χ1v) is 21.6. The second kappa shape index (κ2) is 26.1. The summed E-state index contributed by atoms with van der Waals surface area (Å²) in [4.78, 5) is 137. The molecule has 374 valence electrons. The molecule has 0 saturated carbocycles. The molecule has 1 saturated heterocycles. The van der Waals surface area contributed by atoms with E-state index < -0.39 is 140 Å². The number of carboxylic acids is 3. The Morgan fingerprint density at radius 1 is 0.779 bits per heavy atom. The molecule has 1 aliphatic heterocycles. The maximum atomic E-state index is 14.3. The number of rotatable bonds is 27. The van der Waals surface area contributed by atoms with Crippen LogP contribution in [0.2, 0.25) is 0 Å². The summed E-state index contributed by atoms with van der Waals surface area (Å²) in [6, 6.07) is -5.44. The van der Waals surface area contributed by atoms with Gasteiger partial charge in [0.15, 0.2) is 6.04 Å². The Labute approximate surface area is 388 Å². The zero-order valence-corrected chi connectivity index (χ0v) is 37.5. The number of aromatic nitrogens is 1. The van der Waals surface area contributed by atoms with Gasteiger partial charge in [-0.05, 0) is 57.6 Å². The predicted molar refractivity (Wildman–Crippen MR) is 235 cm³/mol. The minimum Gasteiger partial charge on any atom is -0.481 e. The van der Waals surface area contributed by atoms with Crippen LogP contribution in [0.15, 0.2) is 30.5 Å². The van der Waals surface area contributed by atoms with E-state index in [4.69, 9.17) is 11.5 Å². The number of quaternary nitrogens is 1. The zero-order valence-electron chi connectivity index (χ0n) is 37.5. The van der Waals surface area contributed by atoms with Crippen molar-refractivity contribution in [1.82, 2.24) is 41.8 Å². The number of hydrogen-bond acceptors (Lipinski definition) is 12. The topological polar surface area (TPSA) is 457 Å². The fourth-order valence-electron chi connectivity index (χ4n) is 7.16. The van der Waals surface area contributed by atoms with Gasteiger partial charge < -0.3 is 73.1 Å². The number of carbonyl (C=O) groups is 10. The average molecular weight is 963 g/mol. The first kappa shape index (κ1) is 54.9. The number of aliphatic hydroxyl groups is 2. The summed E-state index contributed by atoms with van der Waals surface area (Å²) in [5.74, 6) is -11.8. The first-order valence-electron chi connectivity index (χ1n) is 21.6. The zero-order chi connectivity index (χ0) is 50.8. The van der Waals surface area contributed by atoms with E-state index in [-0.39, 0.29) is 44.7 Å². The van der Waals surface area contributed by atoms with Gasteiger partial charge in [0.05, 0.1) is 25.7 Å². The second-order valence-electron chi connectivity index (χ2n) is 16.3. The third-order valence-corrected chi connectivity index (χ3v) is 10.8. The van der Waals surface area contributed by atoms with Crippen LogP contribution in [0.25, 0.3) is 10.9 Å². The molecule has 27 heteroatoms. The number of aliphatic hydroxyl groups excluding tert-OH is 2. The van der Waals surface area contributed by atoms with Crippen LogP contribution in [-0.4, -0.2) is 175 Å². The summed E-state index contributed by atoms with van der Waals surface area (Å²) in [5, 5.41) is 63.9. The number of aliphatic carboxylic acids is 3. The van der Waals surface area contributed by atoms with Crippen molar-refractivity contribution in [3.05, 3.63) is 36.0 Å². The number of carboxylic acid groups (broad SMARTS) is 3. The lowest BCUT2D eigenvalue weighted by molar-refractivity contribution is -0.459. The van der Waals surface area contributed by atoms with Crippen molar-refractivity contribution in [2.45, 2.75) is 120 Å². The third kappa shape index (κ3) is 16.5. The molecule has 0 spiro atoms. The van der Waals surface area contributed by atoms with Gasteiger partial charge in [-0.2, -0.15) is 0 Å². The molecule has 2 aromatic rings. The highest BCUT2D eigenvalue weighted by Crippen LogP contribution is 2.21. The molecule has 0 unspecified atom stereocenters. The van der Waals surface area contributed by atoms with Crippen LogP contribution in [0.5, 0.6) is 0 Å². The van der Waals surface area contributed by atoms with Crippen molar-refractivity contribution in [3.63, 3.8) is 0 Å². The van der Waals surface area contributed by atoms with Crippen LogP contribution in [0.4, 0.5) is 0 Å². The lowest BCUT2D eigenvalue weighted by atomic mass is 10.0. The van der Waals surface area contributed by atoms with Crippen molar-refractivity contribution < 1.29 is 84.2 Å². The minimum absolute atomic E-state index is 0.0112. The second-order valence-corrected chi connectivity index (χ2v) is 16.3. The molecule has 27 nitrogen and oxygen atoms in total. The normalized spacial score (nSPS) is 16.8. The van der Waals surface area contributed by atoms with Crippen LogP contribution >= 0.6 is 0 Å². The standard InChI is InChI=1S/C41H60N12O15/c1-19(42)33(60)51-28(18-54)38(65)47-24(9-5-13-45-41(43)44)34(61)49-26(15-21-17-46-23-8-4-3-7-22(21)23)36(63)50-27(16-31(58)59)37(64)48-25(11-12-30(56)57)35(62)52-32(20(2)55)39(66)53-14-6-10-29(53)40(67)68/h3-4,7-8,17,19-20,24-29,32,46,54-55H,5-6,9-16,18,42H2,1-2H3,(H,47,65)(H,48,64)(H,49,61)(H,50,63)(H,51,60)(H,52,62)(H,56,57)(H,58,59)(H,67,68)(H4,43,44,45)/p+2/t19-,20+,24-,25-,26-,27-,28-,29-,32-/m0/s1. The van der Waals surface area contributed by atoms with Gasteiger partial charge in [-0.15, -0.1) is 0 Å². The minimum atomic E-state index is -2.01. The number of benzene rings is 1. The Morgan fingerprint density at radius 3 is 1.93 bits per heavy atom. The number of nitrogens with one attached hydrogen (secondary N) is 8. The van der Waals surface area contributed by atoms with Crippen molar-refractivity contribution in [3.8, 4) is 0 Å². The first-order chi connectivity index (χ1) is 32.0. The van der Waals surface area contributed by atoms with Gasteiger partial charge in [-0.3, -0.25) is 59.6 Å². The molecule has 20 N–H and O–H groups in total. The third-order valence-electron chi connectivity index (χ3n) is 10.8. The maximum absolute atomic E-state index is 14.3. The fraction of sp³-hybridized carbons (Fsp3) is 0.537. The number of aromatic amines is 1. The van der Waals surface area contributed by atoms with Crippen LogP contribution in [0.3, 0.4) is 0 Å². The van der Waals surface area contributed by atoms with E-state index in [0.717, 1.165) is 11.8 Å². The summed E-state index contributed by atoms with van der Waals surface area (Å²) < 4.78 is 0. The number of para-hydroxylation sites is 1. The Hall–Kier alpha value is -7.39. The number of guanidine groups is 1. The van der Waals surface area contributed by atoms with Gasteiger partial charge in [-0.1, -0.05) is 18.2 Å². The van der Waals surface area contributed by atoms with Crippen molar-refractivity contribution in [2.24, 2.45) is 11.5 Å².